The largest absolute Gasteiger partial charge is 0.381 e. The molecule has 2 aliphatic rings. The Bertz CT molecular complexity index is 1410. The number of rotatable bonds is 6. The summed E-state index contributed by atoms with van der Waals surface area (Å²) in [5.41, 5.74) is 12.2. The molecular formula is C29H33N7O2. The Morgan fingerprint density at radius 2 is 1.92 bits per heavy atom. The number of ether oxygens (including phenoxy) is 1. The Balaban J connectivity index is 1.14. The van der Waals surface area contributed by atoms with Crippen LogP contribution in [0.25, 0.3) is 22.3 Å². The molecule has 1 aromatic carbocycles. The van der Waals surface area contributed by atoms with E-state index in [-0.39, 0.29) is 11.9 Å². The van der Waals surface area contributed by atoms with Crippen molar-refractivity contribution in [2.24, 2.45) is 5.73 Å². The minimum Gasteiger partial charge on any atom is -0.381 e. The first-order chi connectivity index (χ1) is 18.6. The molecule has 4 aromatic rings. The molecule has 2 aliphatic heterocycles. The molecule has 0 aliphatic carbocycles. The van der Waals surface area contributed by atoms with Crippen LogP contribution in [-0.4, -0.2) is 63.1 Å². The number of nitrogens with zero attached hydrogens (tertiary/aromatic N) is 4. The lowest BCUT2D eigenvalue weighted by molar-refractivity contribution is 0.0848. The molecular weight excluding hydrogens is 478 g/mol. The molecule has 5 heterocycles. The van der Waals surface area contributed by atoms with Crippen molar-refractivity contribution in [3.05, 3.63) is 71.9 Å². The molecule has 0 radical (unpaired) electrons. The second kappa shape index (κ2) is 11.0. The predicted octanol–water partition coefficient (Wildman–Crippen LogP) is 4.09. The molecule has 2 fully saturated rings. The number of carbonyl (C=O) groups excluding carboxylic acids is 1. The Labute approximate surface area is 221 Å². The van der Waals surface area contributed by atoms with Crippen molar-refractivity contribution >= 4 is 22.6 Å². The van der Waals surface area contributed by atoms with Crippen molar-refractivity contribution in [2.45, 2.75) is 44.2 Å². The van der Waals surface area contributed by atoms with Crippen LogP contribution in [0.2, 0.25) is 0 Å². The molecule has 38 heavy (non-hydrogen) atoms. The van der Waals surface area contributed by atoms with Crippen LogP contribution in [0.4, 0.5) is 5.69 Å². The lowest BCUT2D eigenvalue weighted by Crippen LogP contribution is -2.42. The summed E-state index contributed by atoms with van der Waals surface area (Å²) in [7, 11) is 0. The van der Waals surface area contributed by atoms with Gasteiger partial charge in [-0.15, -0.1) is 0 Å². The minimum atomic E-state index is -0.225. The standard InChI is InChI=1S/C29H33N7O2/c30-22-2-1-11-36(17-22)16-19-7-10-31-26(14-19)29(37)34-23-5-3-20(4-6-23)25-15-24-27(21-8-12-38-13-9-21)32-18-33-28(24)35-25/h3-7,10,14-15,18,21-22H,1-2,8-9,11-13,16-17,30H2,(H,34,37)(H,32,33,35)/t22-/m1/s1. The van der Waals surface area contributed by atoms with E-state index in [1.165, 1.54) is 0 Å². The van der Waals surface area contributed by atoms with Gasteiger partial charge in [0.05, 0.1) is 5.69 Å². The molecule has 4 N–H and O–H groups in total. The number of nitrogens with two attached hydrogens (primary N) is 1. The molecule has 196 valence electrons. The van der Waals surface area contributed by atoms with E-state index < -0.39 is 0 Å². The quantitative estimate of drug-likeness (QED) is 0.356. The molecule has 3 aromatic heterocycles. The fourth-order valence-corrected chi connectivity index (χ4v) is 5.53. The highest BCUT2D eigenvalue weighted by Crippen LogP contribution is 2.32. The van der Waals surface area contributed by atoms with Crippen LogP contribution in [0.1, 0.15) is 53.3 Å². The Kier molecular flexibility index (Phi) is 7.13. The fourth-order valence-electron chi connectivity index (χ4n) is 5.53. The van der Waals surface area contributed by atoms with Gasteiger partial charge in [-0.3, -0.25) is 14.7 Å². The number of hydrogen-bond donors (Lipinski definition) is 3. The first kappa shape index (κ1) is 24.7. The number of H-pyrrole nitrogens is 1. The number of aromatic amines is 1. The molecule has 0 saturated carbocycles. The van der Waals surface area contributed by atoms with Crippen molar-refractivity contribution < 1.29 is 9.53 Å². The van der Waals surface area contributed by atoms with Gasteiger partial charge in [-0.1, -0.05) is 12.1 Å². The lowest BCUT2D eigenvalue weighted by atomic mass is 9.94. The molecule has 9 nitrogen and oxygen atoms in total. The third-order valence-electron chi connectivity index (χ3n) is 7.52. The Morgan fingerprint density at radius 1 is 1.08 bits per heavy atom. The number of aromatic nitrogens is 4. The van der Waals surface area contributed by atoms with Gasteiger partial charge in [0, 0.05) is 61.2 Å². The number of likely N-dealkylation sites (tertiary alicyclic amines) is 1. The van der Waals surface area contributed by atoms with Gasteiger partial charge in [0.2, 0.25) is 0 Å². The normalized spacial score (nSPS) is 19.0. The van der Waals surface area contributed by atoms with Crippen molar-refractivity contribution in [1.29, 1.82) is 0 Å². The van der Waals surface area contributed by atoms with Crippen LogP contribution in [-0.2, 0) is 11.3 Å². The van der Waals surface area contributed by atoms with E-state index in [0.717, 1.165) is 92.1 Å². The summed E-state index contributed by atoms with van der Waals surface area (Å²) in [6.07, 6.45) is 7.47. The molecule has 2 saturated heterocycles. The van der Waals surface area contributed by atoms with Gasteiger partial charge < -0.3 is 20.8 Å². The average Bonchev–Trinajstić information content (AvgIpc) is 3.39. The topological polar surface area (TPSA) is 122 Å². The van der Waals surface area contributed by atoms with E-state index >= 15 is 0 Å². The highest BCUT2D eigenvalue weighted by molar-refractivity contribution is 6.03. The van der Waals surface area contributed by atoms with Gasteiger partial charge in [-0.25, -0.2) is 9.97 Å². The molecule has 0 bridgehead atoms. The molecule has 0 spiro atoms. The van der Waals surface area contributed by atoms with Crippen molar-refractivity contribution in [3.8, 4) is 11.3 Å². The number of carbonyl (C=O) groups is 1. The summed E-state index contributed by atoms with van der Waals surface area (Å²) in [6.45, 7) is 4.23. The predicted molar refractivity (Wildman–Crippen MR) is 147 cm³/mol. The van der Waals surface area contributed by atoms with E-state index in [0.29, 0.717) is 17.3 Å². The van der Waals surface area contributed by atoms with Crippen molar-refractivity contribution in [3.63, 3.8) is 0 Å². The number of hydrogen-bond acceptors (Lipinski definition) is 7. The van der Waals surface area contributed by atoms with Crippen molar-refractivity contribution in [1.82, 2.24) is 24.8 Å². The monoisotopic (exact) mass is 511 g/mol. The summed E-state index contributed by atoms with van der Waals surface area (Å²) in [4.78, 5) is 32.1. The summed E-state index contributed by atoms with van der Waals surface area (Å²) in [6, 6.07) is 14.0. The van der Waals surface area contributed by atoms with Gasteiger partial charge in [-0.2, -0.15) is 0 Å². The highest BCUT2D eigenvalue weighted by Gasteiger charge is 2.21. The van der Waals surface area contributed by atoms with E-state index in [4.69, 9.17) is 10.5 Å². The minimum absolute atomic E-state index is 0.225. The van der Waals surface area contributed by atoms with Crippen LogP contribution < -0.4 is 11.1 Å². The number of fused-ring (bicyclic) bond motifs is 1. The van der Waals surface area contributed by atoms with Gasteiger partial charge in [0.15, 0.2) is 0 Å². The summed E-state index contributed by atoms with van der Waals surface area (Å²) >= 11 is 0. The van der Waals surface area contributed by atoms with Crippen LogP contribution in [0.5, 0.6) is 0 Å². The SMILES string of the molecule is N[C@@H]1CCCN(Cc2ccnc(C(=O)Nc3ccc(-c4cc5c(C6CCOCC6)ncnc5[nH]4)cc3)c2)C1. The number of nitrogens with one attached hydrogen (secondary N) is 2. The zero-order valence-electron chi connectivity index (χ0n) is 21.4. The summed E-state index contributed by atoms with van der Waals surface area (Å²) in [5.74, 6) is 0.164. The molecule has 1 atom stereocenters. The highest BCUT2D eigenvalue weighted by atomic mass is 16.5. The summed E-state index contributed by atoms with van der Waals surface area (Å²) in [5, 5.41) is 4.03. The number of amides is 1. The Hall–Kier alpha value is -3.66. The third kappa shape index (κ3) is 5.45. The number of anilines is 1. The maximum Gasteiger partial charge on any atom is 0.274 e. The molecule has 0 unspecified atom stereocenters. The second-order valence-electron chi connectivity index (χ2n) is 10.3. The number of benzene rings is 1. The third-order valence-corrected chi connectivity index (χ3v) is 7.52. The first-order valence-electron chi connectivity index (χ1n) is 13.4. The maximum atomic E-state index is 12.9. The van der Waals surface area contributed by atoms with Crippen LogP contribution in [0.3, 0.4) is 0 Å². The van der Waals surface area contributed by atoms with E-state index in [9.17, 15) is 4.79 Å². The van der Waals surface area contributed by atoms with Gasteiger partial charge in [-0.05, 0) is 73.7 Å². The Morgan fingerprint density at radius 3 is 2.74 bits per heavy atom. The van der Waals surface area contributed by atoms with Crippen LogP contribution >= 0.6 is 0 Å². The number of pyridine rings is 1. The van der Waals surface area contributed by atoms with E-state index in [1.807, 2.05) is 36.4 Å². The van der Waals surface area contributed by atoms with E-state index in [1.54, 1.807) is 12.5 Å². The lowest BCUT2D eigenvalue weighted by Gasteiger charge is -2.30. The zero-order valence-corrected chi connectivity index (χ0v) is 21.4. The zero-order chi connectivity index (χ0) is 25.9. The summed E-state index contributed by atoms with van der Waals surface area (Å²) < 4.78 is 5.52. The second-order valence-corrected chi connectivity index (χ2v) is 10.3. The van der Waals surface area contributed by atoms with Crippen molar-refractivity contribution in [2.75, 3.05) is 31.6 Å². The van der Waals surface area contributed by atoms with Gasteiger partial charge in [0.25, 0.3) is 5.91 Å². The fraction of sp³-hybridized carbons (Fsp3) is 0.379. The van der Waals surface area contributed by atoms with E-state index in [2.05, 4.69) is 36.2 Å². The maximum absolute atomic E-state index is 12.9. The van der Waals surface area contributed by atoms with Crippen LogP contribution in [0, 0.1) is 0 Å². The smallest absolute Gasteiger partial charge is 0.274 e. The first-order valence-corrected chi connectivity index (χ1v) is 13.4. The van der Waals surface area contributed by atoms with Gasteiger partial charge in [0.1, 0.15) is 17.7 Å². The molecule has 6 rings (SSSR count). The molecule has 9 heteroatoms. The van der Waals surface area contributed by atoms with Gasteiger partial charge >= 0.3 is 0 Å². The van der Waals surface area contributed by atoms with Crippen LogP contribution in [0.15, 0.2) is 55.0 Å². The number of piperidine rings is 1. The average molecular weight is 512 g/mol. The molecule has 1 amide bonds.